The van der Waals surface area contributed by atoms with Gasteiger partial charge in [-0.05, 0) is 36.6 Å². The Bertz CT molecular complexity index is 245. The predicted octanol–water partition coefficient (Wildman–Crippen LogP) is 2.18. The molecule has 1 N–H and O–H groups in total. The highest BCUT2D eigenvalue weighted by molar-refractivity contribution is 6.30. The third-order valence-electron chi connectivity index (χ3n) is 1.69. The van der Waals surface area contributed by atoms with Crippen LogP contribution in [0.4, 0.5) is 0 Å². The van der Waals surface area contributed by atoms with E-state index in [-0.39, 0.29) is 6.61 Å². The number of hydrogen-bond acceptors (Lipinski definition) is 1. The van der Waals surface area contributed by atoms with Gasteiger partial charge < -0.3 is 5.11 Å². The third-order valence-corrected chi connectivity index (χ3v) is 1.92. The average molecular weight is 171 g/mol. The molecule has 0 atom stereocenters. The predicted molar refractivity (Wildman–Crippen MR) is 47.0 cm³/mol. The molecule has 0 unspecified atom stereocenters. The molecule has 1 nitrogen and oxygen atoms in total. The van der Waals surface area contributed by atoms with Gasteiger partial charge in [-0.15, -0.1) is 0 Å². The third kappa shape index (κ3) is 2.21. The van der Waals surface area contributed by atoms with Crippen molar-refractivity contribution in [2.75, 3.05) is 6.61 Å². The van der Waals surface area contributed by atoms with Crippen molar-refractivity contribution >= 4 is 11.6 Å². The minimum absolute atomic E-state index is 0.197. The maximum Gasteiger partial charge on any atom is 0.0471 e. The Morgan fingerprint density at radius 3 is 2.73 bits per heavy atom. The molecule has 0 aromatic heterocycles. The fourth-order valence-electron chi connectivity index (χ4n) is 1.06. The Hall–Kier alpha value is -0.530. The fraction of sp³-hybridized carbons (Fsp3) is 0.333. The summed E-state index contributed by atoms with van der Waals surface area (Å²) >= 11 is 5.75. The van der Waals surface area contributed by atoms with Crippen molar-refractivity contribution in [1.82, 2.24) is 0 Å². The van der Waals surface area contributed by atoms with Crippen LogP contribution in [0.5, 0.6) is 0 Å². The van der Waals surface area contributed by atoms with Gasteiger partial charge in [0.05, 0.1) is 0 Å². The van der Waals surface area contributed by atoms with Gasteiger partial charge in [0.25, 0.3) is 0 Å². The highest BCUT2D eigenvalue weighted by Gasteiger charge is 1.96. The Kier molecular flexibility index (Phi) is 2.92. The number of hydrogen-bond donors (Lipinski definition) is 1. The molecule has 0 spiro atoms. The number of benzene rings is 1. The van der Waals surface area contributed by atoms with Crippen LogP contribution in [0.15, 0.2) is 18.2 Å². The number of aliphatic hydroxyl groups excluding tert-OH is 1. The maximum absolute atomic E-state index is 8.68. The van der Waals surface area contributed by atoms with E-state index in [1.807, 2.05) is 25.1 Å². The van der Waals surface area contributed by atoms with E-state index in [1.54, 1.807) is 0 Å². The minimum atomic E-state index is 0.197. The largest absolute Gasteiger partial charge is 0.396 e. The van der Waals surface area contributed by atoms with Crippen LogP contribution in [0.1, 0.15) is 11.1 Å². The van der Waals surface area contributed by atoms with Crippen LogP contribution in [0.2, 0.25) is 5.02 Å². The molecule has 11 heavy (non-hydrogen) atoms. The number of halogens is 1. The summed E-state index contributed by atoms with van der Waals surface area (Å²) in [6.07, 6.45) is 0.711. The molecule has 0 saturated heterocycles. The molecular weight excluding hydrogens is 160 g/mol. The van der Waals surface area contributed by atoms with Gasteiger partial charge in [-0.1, -0.05) is 17.7 Å². The lowest BCUT2D eigenvalue weighted by Gasteiger charge is -2.02. The smallest absolute Gasteiger partial charge is 0.0471 e. The van der Waals surface area contributed by atoms with E-state index in [0.717, 1.165) is 16.1 Å². The Morgan fingerprint density at radius 1 is 1.45 bits per heavy atom. The normalized spacial score (nSPS) is 10.1. The summed E-state index contributed by atoms with van der Waals surface area (Å²) in [6, 6.07) is 5.71. The standard InChI is InChI=1S/C9H11ClO/c1-7-6-9(10)3-2-8(7)4-5-11/h2-3,6,11H,4-5H2,1H3. The van der Waals surface area contributed by atoms with Gasteiger partial charge in [0.2, 0.25) is 0 Å². The molecule has 0 aliphatic heterocycles. The first-order valence-electron chi connectivity index (χ1n) is 3.60. The van der Waals surface area contributed by atoms with E-state index >= 15 is 0 Å². The van der Waals surface area contributed by atoms with Crippen molar-refractivity contribution in [3.63, 3.8) is 0 Å². The maximum atomic E-state index is 8.68. The van der Waals surface area contributed by atoms with E-state index < -0.39 is 0 Å². The topological polar surface area (TPSA) is 20.2 Å². The van der Waals surface area contributed by atoms with Crippen molar-refractivity contribution < 1.29 is 5.11 Å². The van der Waals surface area contributed by atoms with Gasteiger partial charge in [0.1, 0.15) is 0 Å². The molecular formula is C9H11ClO. The van der Waals surface area contributed by atoms with Crippen molar-refractivity contribution in [3.05, 3.63) is 34.3 Å². The summed E-state index contributed by atoms with van der Waals surface area (Å²) in [5.74, 6) is 0. The van der Waals surface area contributed by atoms with Gasteiger partial charge in [-0.3, -0.25) is 0 Å². The molecule has 0 heterocycles. The molecule has 1 aromatic rings. The fourth-order valence-corrected chi connectivity index (χ4v) is 1.29. The van der Waals surface area contributed by atoms with Crippen LogP contribution in [0.25, 0.3) is 0 Å². The molecule has 1 rings (SSSR count). The second kappa shape index (κ2) is 3.74. The summed E-state index contributed by atoms with van der Waals surface area (Å²) in [7, 11) is 0. The monoisotopic (exact) mass is 170 g/mol. The lowest BCUT2D eigenvalue weighted by atomic mass is 10.1. The molecule has 0 radical (unpaired) electrons. The van der Waals surface area contributed by atoms with Gasteiger partial charge in [0.15, 0.2) is 0 Å². The van der Waals surface area contributed by atoms with E-state index in [4.69, 9.17) is 16.7 Å². The first-order chi connectivity index (χ1) is 5.24. The van der Waals surface area contributed by atoms with Crippen LogP contribution in [0, 0.1) is 6.92 Å². The van der Waals surface area contributed by atoms with Crippen molar-refractivity contribution in [2.24, 2.45) is 0 Å². The van der Waals surface area contributed by atoms with Crippen LogP contribution in [-0.2, 0) is 6.42 Å². The summed E-state index contributed by atoms with van der Waals surface area (Å²) < 4.78 is 0. The molecule has 0 amide bonds. The molecule has 0 bridgehead atoms. The Labute approximate surface area is 71.6 Å². The van der Waals surface area contributed by atoms with Crippen LogP contribution in [0.3, 0.4) is 0 Å². The van der Waals surface area contributed by atoms with Crippen molar-refractivity contribution in [2.45, 2.75) is 13.3 Å². The zero-order chi connectivity index (χ0) is 8.27. The lowest BCUT2D eigenvalue weighted by molar-refractivity contribution is 0.299. The van der Waals surface area contributed by atoms with Crippen molar-refractivity contribution in [1.29, 1.82) is 0 Å². The van der Waals surface area contributed by atoms with E-state index in [2.05, 4.69) is 0 Å². The second-order valence-corrected chi connectivity index (χ2v) is 2.98. The summed E-state index contributed by atoms with van der Waals surface area (Å²) in [4.78, 5) is 0. The van der Waals surface area contributed by atoms with E-state index in [1.165, 1.54) is 0 Å². The van der Waals surface area contributed by atoms with Gasteiger partial charge in [-0.25, -0.2) is 0 Å². The Morgan fingerprint density at radius 2 is 2.18 bits per heavy atom. The molecule has 0 aliphatic carbocycles. The minimum Gasteiger partial charge on any atom is -0.396 e. The van der Waals surface area contributed by atoms with Gasteiger partial charge >= 0.3 is 0 Å². The van der Waals surface area contributed by atoms with Crippen LogP contribution in [-0.4, -0.2) is 11.7 Å². The van der Waals surface area contributed by atoms with Crippen molar-refractivity contribution in [3.8, 4) is 0 Å². The first-order valence-corrected chi connectivity index (χ1v) is 3.97. The average Bonchev–Trinajstić information content (AvgIpc) is 1.95. The molecule has 0 saturated carbocycles. The van der Waals surface area contributed by atoms with Crippen LogP contribution >= 0.6 is 11.6 Å². The lowest BCUT2D eigenvalue weighted by Crippen LogP contribution is -1.93. The molecule has 0 aliphatic rings. The van der Waals surface area contributed by atoms with Crippen LogP contribution < -0.4 is 0 Å². The summed E-state index contributed by atoms with van der Waals surface area (Å²) in [5, 5.41) is 9.43. The Balaban J connectivity index is 2.90. The van der Waals surface area contributed by atoms with E-state index in [0.29, 0.717) is 6.42 Å². The molecule has 2 heteroatoms. The number of aliphatic hydroxyl groups is 1. The van der Waals surface area contributed by atoms with E-state index in [9.17, 15) is 0 Å². The summed E-state index contributed by atoms with van der Waals surface area (Å²) in [5.41, 5.74) is 2.31. The molecule has 0 fully saturated rings. The van der Waals surface area contributed by atoms with Gasteiger partial charge in [0, 0.05) is 11.6 Å². The highest BCUT2D eigenvalue weighted by Crippen LogP contribution is 2.15. The second-order valence-electron chi connectivity index (χ2n) is 2.54. The SMILES string of the molecule is Cc1cc(Cl)ccc1CCO. The first kappa shape index (κ1) is 8.57. The number of rotatable bonds is 2. The number of aryl methyl sites for hydroxylation is 1. The highest BCUT2D eigenvalue weighted by atomic mass is 35.5. The quantitative estimate of drug-likeness (QED) is 0.722. The molecule has 60 valence electrons. The zero-order valence-electron chi connectivity index (χ0n) is 6.47. The van der Waals surface area contributed by atoms with Gasteiger partial charge in [-0.2, -0.15) is 0 Å². The molecule has 1 aromatic carbocycles. The summed E-state index contributed by atoms with van der Waals surface area (Å²) in [6.45, 7) is 2.19. The zero-order valence-corrected chi connectivity index (χ0v) is 7.23.